The summed E-state index contributed by atoms with van der Waals surface area (Å²) in [5.41, 5.74) is 0.544. The largest absolute Gasteiger partial charge is 0.522 e. The third kappa shape index (κ3) is 4.70. The van der Waals surface area contributed by atoms with Gasteiger partial charge in [-0.2, -0.15) is 0 Å². The van der Waals surface area contributed by atoms with Crippen LogP contribution >= 0.6 is 0 Å². The Labute approximate surface area is 103 Å². The first-order valence-corrected chi connectivity index (χ1v) is 5.13. The first-order valence-electron chi connectivity index (χ1n) is 5.13. The fraction of sp³-hybridized carbons (Fsp3) is 0.455. The number of methoxy groups -OCH3 is 2. The van der Waals surface area contributed by atoms with Crippen LogP contribution in [0.25, 0.3) is 0 Å². The third-order valence-corrected chi connectivity index (χ3v) is 2.09. The second kappa shape index (κ2) is 6.34. The highest BCUT2D eigenvalue weighted by atomic mass is 19.4. The summed E-state index contributed by atoms with van der Waals surface area (Å²) < 4.78 is 49.0. The molecule has 1 aromatic carbocycles. The molecule has 0 aliphatic heterocycles. The van der Waals surface area contributed by atoms with Crippen LogP contribution in [0, 0.1) is 0 Å². The van der Waals surface area contributed by atoms with Gasteiger partial charge in [0.15, 0.2) is 0 Å². The smallest absolute Gasteiger partial charge is 0.497 e. The highest BCUT2D eigenvalue weighted by molar-refractivity contribution is 5.59. The fourth-order valence-corrected chi connectivity index (χ4v) is 1.30. The van der Waals surface area contributed by atoms with E-state index in [9.17, 15) is 13.2 Å². The first-order chi connectivity index (χ1) is 8.46. The minimum atomic E-state index is -4.61. The van der Waals surface area contributed by atoms with Crippen LogP contribution in [0.15, 0.2) is 18.2 Å². The second-order valence-corrected chi connectivity index (χ2v) is 3.29. The molecule has 0 aromatic heterocycles. The summed E-state index contributed by atoms with van der Waals surface area (Å²) in [5.74, 6) is 1.10. The van der Waals surface area contributed by atoms with Crippen molar-refractivity contribution >= 4 is 5.69 Å². The van der Waals surface area contributed by atoms with Crippen molar-refractivity contribution in [2.24, 2.45) is 0 Å². The molecule has 0 amide bonds. The predicted molar refractivity (Wildman–Crippen MR) is 60.0 cm³/mol. The number of benzene rings is 1. The summed E-state index contributed by atoms with van der Waals surface area (Å²) in [6, 6.07) is 4.98. The van der Waals surface area contributed by atoms with E-state index in [1.54, 1.807) is 18.2 Å². The maximum atomic E-state index is 11.8. The molecule has 102 valence electrons. The van der Waals surface area contributed by atoms with Crippen molar-refractivity contribution in [3.05, 3.63) is 18.2 Å². The van der Waals surface area contributed by atoms with E-state index in [4.69, 9.17) is 9.47 Å². The molecule has 0 saturated heterocycles. The van der Waals surface area contributed by atoms with Crippen LogP contribution in [0.5, 0.6) is 11.5 Å². The van der Waals surface area contributed by atoms with Crippen LogP contribution in [-0.2, 0) is 4.74 Å². The summed E-state index contributed by atoms with van der Waals surface area (Å²) in [5, 5.41) is 2.78. The zero-order valence-corrected chi connectivity index (χ0v) is 10.0. The number of alkyl halides is 3. The Bertz CT molecular complexity index is 382. The van der Waals surface area contributed by atoms with Gasteiger partial charge in [0.25, 0.3) is 0 Å². The number of ether oxygens (including phenoxy) is 3. The predicted octanol–water partition coefficient (Wildman–Crippen LogP) is 2.65. The summed E-state index contributed by atoms with van der Waals surface area (Å²) in [7, 11) is 2.97. The van der Waals surface area contributed by atoms with E-state index in [-0.39, 0.29) is 6.54 Å². The molecule has 0 radical (unpaired) electrons. The van der Waals surface area contributed by atoms with E-state index >= 15 is 0 Å². The maximum absolute atomic E-state index is 11.8. The van der Waals surface area contributed by atoms with Crippen molar-refractivity contribution in [1.29, 1.82) is 0 Å². The Morgan fingerprint density at radius 1 is 1.17 bits per heavy atom. The highest BCUT2D eigenvalue weighted by Gasteiger charge is 2.28. The van der Waals surface area contributed by atoms with Crippen molar-refractivity contribution in [3.63, 3.8) is 0 Å². The fourth-order valence-electron chi connectivity index (χ4n) is 1.30. The van der Waals surface area contributed by atoms with Gasteiger partial charge in [-0.3, -0.25) is 4.74 Å². The average molecular weight is 265 g/mol. The molecule has 1 rings (SSSR count). The van der Waals surface area contributed by atoms with Crippen LogP contribution in [-0.4, -0.2) is 33.7 Å². The van der Waals surface area contributed by atoms with E-state index < -0.39 is 13.0 Å². The van der Waals surface area contributed by atoms with Gasteiger partial charge in [0.05, 0.1) is 26.5 Å². The molecule has 0 fully saturated rings. The van der Waals surface area contributed by atoms with E-state index in [1.807, 2.05) is 0 Å². The lowest BCUT2D eigenvalue weighted by Crippen LogP contribution is -2.19. The van der Waals surface area contributed by atoms with Crippen LogP contribution in [0.3, 0.4) is 0 Å². The number of rotatable bonds is 6. The molecule has 7 heteroatoms. The van der Waals surface area contributed by atoms with Crippen LogP contribution in [0.1, 0.15) is 0 Å². The van der Waals surface area contributed by atoms with Gasteiger partial charge in [-0.15, -0.1) is 13.2 Å². The molecular formula is C11H14F3NO3. The minimum absolute atomic E-state index is 0.00301. The topological polar surface area (TPSA) is 39.7 Å². The van der Waals surface area contributed by atoms with E-state index in [0.29, 0.717) is 17.2 Å². The number of hydrogen-bond acceptors (Lipinski definition) is 4. The quantitative estimate of drug-likeness (QED) is 0.803. The molecular weight excluding hydrogens is 251 g/mol. The van der Waals surface area contributed by atoms with Crippen LogP contribution in [0.2, 0.25) is 0 Å². The first kappa shape index (κ1) is 14.4. The van der Waals surface area contributed by atoms with Crippen molar-refractivity contribution in [3.8, 4) is 11.5 Å². The van der Waals surface area contributed by atoms with Gasteiger partial charge in [-0.25, -0.2) is 0 Å². The Morgan fingerprint density at radius 2 is 1.89 bits per heavy atom. The zero-order valence-electron chi connectivity index (χ0n) is 10.0. The number of hydrogen-bond donors (Lipinski definition) is 1. The van der Waals surface area contributed by atoms with Gasteiger partial charge in [0, 0.05) is 12.6 Å². The average Bonchev–Trinajstić information content (AvgIpc) is 2.33. The molecule has 0 spiro atoms. The molecule has 1 aromatic rings. The Kier molecular flexibility index (Phi) is 5.08. The minimum Gasteiger partial charge on any atom is -0.497 e. The summed E-state index contributed by atoms with van der Waals surface area (Å²) in [6.45, 7) is -0.479. The second-order valence-electron chi connectivity index (χ2n) is 3.29. The molecule has 0 unspecified atom stereocenters. The Morgan fingerprint density at radius 3 is 2.44 bits per heavy atom. The van der Waals surface area contributed by atoms with Gasteiger partial charge in [-0.1, -0.05) is 0 Å². The lowest BCUT2D eigenvalue weighted by molar-refractivity contribution is -0.322. The molecule has 0 heterocycles. The zero-order chi connectivity index (χ0) is 13.6. The van der Waals surface area contributed by atoms with Crippen LogP contribution < -0.4 is 14.8 Å². The molecule has 0 saturated carbocycles. The Hall–Kier alpha value is -1.63. The maximum Gasteiger partial charge on any atom is 0.522 e. The Balaban J connectivity index is 2.54. The standard InChI is InChI=1S/C11H14F3NO3/c1-16-8-3-4-10(17-2)9(7-8)15-5-6-18-11(12,13)14/h3-4,7,15H,5-6H2,1-2H3. The van der Waals surface area contributed by atoms with Gasteiger partial charge in [0.2, 0.25) is 0 Å². The summed E-state index contributed by atoms with van der Waals surface area (Å²) in [4.78, 5) is 0. The number of nitrogens with one attached hydrogen (secondary N) is 1. The molecule has 18 heavy (non-hydrogen) atoms. The van der Waals surface area contributed by atoms with Crippen molar-refractivity contribution in [1.82, 2.24) is 0 Å². The van der Waals surface area contributed by atoms with Crippen molar-refractivity contribution < 1.29 is 27.4 Å². The lowest BCUT2D eigenvalue weighted by atomic mass is 10.2. The molecule has 4 nitrogen and oxygen atoms in total. The summed E-state index contributed by atoms with van der Waals surface area (Å²) in [6.07, 6.45) is -4.61. The third-order valence-electron chi connectivity index (χ3n) is 2.09. The van der Waals surface area contributed by atoms with E-state index in [2.05, 4.69) is 10.1 Å². The molecule has 1 N–H and O–H groups in total. The molecule has 0 atom stereocenters. The van der Waals surface area contributed by atoms with Gasteiger partial charge >= 0.3 is 6.36 Å². The highest BCUT2D eigenvalue weighted by Crippen LogP contribution is 2.28. The molecule has 0 aliphatic carbocycles. The van der Waals surface area contributed by atoms with Gasteiger partial charge in [-0.05, 0) is 12.1 Å². The summed E-state index contributed by atoms with van der Waals surface area (Å²) >= 11 is 0. The lowest BCUT2D eigenvalue weighted by Gasteiger charge is -2.13. The van der Waals surface area contributed by atoms with Crippen LogP contribution in [0.4, 0.5) is 18.9 Å². The van der Waals surface area contributed by atoms with Gasteiger partial charge in [0.1, 0.15) is 11.5 Å². The van der Waals surface area contributed by atoms with Crippen molar-refractivity contribution in [2.45, 2.75) is 6.36 Å². The van der Waals surface area contributed by atoms with Gasteiger partial charge < -0.3 is 14.8 Å². The van der Waals surface area contributed by atoms with Crippen molar-refractivity contribution in [2.75, 3.05) is 32.7 Å². The normalized spacial score (nSPS) is 11.2. The monoisotopic (exact) mass is 265 g/mol. The van der Waals surface area contributed by atoms with E-state index in [1.165, 1.54) is 14.2 Å². The number of halogens is 3. The number of anilines is 1. The molecule has 0 aliphatic rings. The van der Waals surface area contributed by atoms with E-state index in [0.717, 1.165) is 0 Å². The SMILES string of the molecule is COc1ccc(OC)c(NCCOC(F)(F)F)c1. The molecule has 0 bridgehead atoms.